The van der Waals surface area contributed by atoms with E-state index in [1.165, 1.54) is 0 Å². The van der Waals surface area contributed by atoms with Crippen molar-refractivity contribution in [1.82, 2.24) is 10.3 Å². The molecule has 0 aliphatic heterocycles. The van der Waals surface area contributed by atoms with Crippen LogP contribution in [0.3, 0.4) is 0 Å². The third kappa shape index (κ3) is 6.01. The van der Waals surface area contributed by atoms with Gasteiger partial charge < -0.3 is 10.1 Å². The van der Waals surface area contributed by atoms with Gasteiger partial charge in [0.2, 0.25) is 0 Å². The second-order valence-corrected chi connectivity index (χ2v) is 5.25. The number of nitrogens with zero attached hydrogens (tertiary/aromatic N) is 1. The predicted molar refractivity (Wildman–Crippen MR) is 76.0 cm³/mol. The Labute approximate surface area is 115 Å². The van der Waals surface area contributed by atoms with E-state index in [0.717, 1.165) is 25.9 Å². The zero-order valence-electron chi connectivity index (χ0n) is 12.4. The van der Waals surface area contributed by atoms with Crippen molar-refractivity contribution in [1.29, 1.82) is 0 Å². The van der Waals surface area contributed by atoms with Crippen molar-refractivity contribution in [3.8, 4) is 5.75 Å². The first-order chi connectivity index (χ1) is 9.02. The highest BCUT2D eigenvalue weighted by Crippen LogP contribution is 2.20. The Balaban J connectivity index is 2.64. The maximum Gasteiger partial charge on any atom is 0.255 e. The van der Waals surface area contributed by atoms with Gasteiger partial charge in [0.1, 0.15) is 6.10 Å². The first kappa shape index (κ1) is 15.9. The molecule has 4 heteroatoms. The van der Waals surface area contributed by atoms with Crippen LogP contribution in [-0.2, 0) is 0 Å². The van der Waals surface area contributed by atoms with E-state index >= 15 is 0 Å². The molecule has 1 unspecified atom stereocenters. The van der Waals surface area contributed by atoms with Crippen LogP contribution in [0.5, 0.6) is 5.75 Å². The first-order valence-electron chi connectivity index (χ1n) is 7.03. The van der Waals surface area contributed by atoms with Crippen LogP contribution in [0.25, 0.3) is 0 Å². The number of ether oxygens (including phenoxy) is 1. The molecule has 0 saturated heterocycles. The lowest BCUT2D eigenvalue weighted by Crippen LogP contribution is -2.26. The van der Waals surface area contributed by atoms with Crippen LogP contribution in [-0.4, -0.2) is 24.2 Å². The fraction of sp³-hybridized carbons (Fsp3) is 0.667. The number of rotatable bonds is 8. The van der Waals surface area contributed by atoms with Crippen molar-refractivity contribution in [3.63, 3.8) is 0 Å². The molecule has 1 atom stereocenters. The van der Waals surface area contributed by atoms with Gasteiger partial charge in [-0.05, 0) is 50.9 Å². The molecule has 0 saturated carbocycles. The first-order valence-corrected chi connectivity index (χ1v) is 7.03. The second-order valence-electron chi connectivity index (χ2n) is 5.25. The Hall–Kier alpha value is -1.16. The summed E-state index contributed by atoms with van der Waals surface area (Å²) in [6.07, 6.45) is 1.82. The van der Waals surface area contributed by atoms with Gasteiger partial charge in [0.05, 0.1) is 0 Å². The molecule has 0 aliphatic rings. The molecule has 3 nitrogen and oxygen atoms in total. The molecule has 0 radical (unpaired) electrons. The Morgan fingerprint density at radius 2 is 2.11 bits per heavy atom. The van der Waals surface area contributed by atoms with Crippen molar-refractivity contribution in [2.75, 3.05) is 13.1 Å². The molecule has 1 aromatic heterocycles. The highest BCUT2D eigenvalue weighted by atomic mass is 19.1. The zero-order chi connectivity index (χ0) is 14.3. The van der Waals surface area contributed by atoms with Crippen LogP contribution in [0.2, 0.25) is 0 Å². The number of hydrogen-bond donors (Lipinski definition) is 1. The van der Waals surface area contributed by atoms with E-state index in [9.17, 15) is 4.39 Å². The van der Waals surface area contributed by atoms with Gasteiger partial charge in [-0.1, -0.05) is 20.8 Å². The molecule has 0 spiro atoms. The summed E-state index contributed by atoms with van der Waals surface area (Å²) < 4.78 is 19.5. The summed E-state index contributed by atoms with van der Waals surface area (Å²) in [6.45, 7) is 9.95. The molecule has 0 fully saturated rings. The summed E-state index contributed by atoms with van der Waals surface area (Å²) in [4.78, 5) is 3.79. The summed E-state index contributed by atoms with van der Waals surface area (Å²) in [7, 11) is 0. The average Bonchev–Trinajstić information content (AvgIpc) is 2.32. The van der Waals surface area contributed by atoms with Gasteiger partial charge in [0.15, 0.2) is 5.75 Å². The van der Waals surface area contributed by atoms with E-state index < -0.39 is 5.95 Å². The summed E-state index contributed by atoms with van der Waals surface area (Å²) in [6, 6.07) is 3.44. The number of aryl methyl sites for hydroxylation is 1. The fourth-order valence-corrected chi connectivity index (χ4v) is 1.97. The van der Waals surface area contributed by atoms with Gasteiger partial charge in [-0.15, -0.1) is 0 Å². The van der Waals surface area contributed by atoms with E-state index in [2.05, 4.69) is 31.1 Å². The molecular weight excluding hydrogens is 243 g/mol. The maximum absolute atomic E-state index is 13.7. The maximum atomic E-state index is 13.7. The summed E-state index contributed by atoms with van der Waals surface area (Å²) >= 11 is 0. The number of halogens is 1. The second kappa shape index (κ2) is 8.10. The Morgan fingerprint density at radius 1 is 1.37 bits per heavy atom. The fourth-order valence-electron chi connectivity index (χ4n) is 1.97. The van der Waals surface area contributed by atoms with Gasteiger partial charge in [-0.3, -0.25) is 0 Å². The largest absolute Gasteiger partial charge is 0.486 e. The molecule has 1 aromatic rings. The highest BCUT2D eigenvalue weighted by molar-refractivity contribution is 5.21. The Bertz CT molecular complexity index is 382. The van der Waals surface area contributed by atoms with Gasteiger partial charge in [0.25, 0.3) is 5.95 Å². The zero-order valence-corrected chi connectivity index (χ0v) is 12.4. The molecule has 0 bridgehead atoms. The lowest BCUT2D eigenvalue weighted by Gasteiger charge is -2.21. The lowest BCUT2D eigenvalue weighted by atomic mass is 10.0. The monoisotopic (exact) mass is 268 g/mol. The number of aromatic nitrogens is 1. The molecule has 0 aromatic carbocycles. The van der Waals surface area contributed by atoms with Crippen molar-refractivity contribution in [3.05, 3.63) is 23.8 Å². The van der Waals surface area contributed by atoms with Gasteiger partial charge in [0, 0.05) is 5.69 Å². The standard InChI is InChI=1S/C15H25FN2O/c1-5-17-9-8-13(10-11(2)3)19-14-7-6-12(4)18-15(14)16/h6-7,11,13,17H,5,8-10H2,1-4H3. The summed E-state index contributed by atoms with van der Waals surface area (Å²) in [5.41, 5.74) is 0.665. The predicted octanol–water partition coefficient (Wildman–Crippen LogP) is 3.32. The van der Waals surface area contributed by atoms with E-state index in [4.69, 9.17) is 4.74 Å². The van der Waals surface area contributed by atoms with Crippen LogP contribution in [0.4, 0.5) is 4.39 Å². The van der Waals surface area contributed by atoms with Crippen LogP contribution < -0.4 is 10.1 Å². The minimum atomic E-state index is -0.516. The SMILES string of the molecule is CCNCCC(CC(C)C)Oc1ccc(C)nc1F. The molecule has 108 valence electrons. The lowest BCUT2D eigenvalue weighted by molar-refractivity contribution is 0.156. The van der Waals surface area contributed by atoms with Gasteiger partial charge in [-0.25, -0.2) is 4.98 Å². The van der Waals surface area contributed by atoms with Gasteiger partial charge in [-0.2, -0.15) is 4.39 Å². The van der Waals surface area contributed by atoms with Crippen LogP contribution in [0.15, 0.2) is 12.1 Å². The molecule has 0 aliphatic carbocycles. The average molecular weight is 268 g/mol. The molecular formula is C15H25FN2O. The molecule has 19 heavy (non-hydrogen) atoms. The van der Waals surface area contributed by atoms with Crippen molar-refractivity contribution >= 4 is 0 Å². The number of pyridine rings is 1. The van der Waals surface area contributed by atoms with Crippen molar-refractivity contribution < 1.29 is 9.13 Å². The van der Waals surface area contributed by atoms with Gasteiger partial charge >= 0.3 is 0 Å². The Kier molecular flexibility index (Phi) is 6.78. The van der Waals surface area contributed by atoms with E-state index in [0.29, 0.717) is 11.6 Å². The van der Waals surface area contributed by atoms with E-state index in [1.807, 2.05) is 0 Å². The van der Waals surface area contributed by atoms with E-state index in [-0.39, 0.29) is 11.9 Å². The summed E-state index contributed by atoms with van der Waals surface area (Å²) in [5.74, 6) is 0.262. The quantitative estimate of drug-likeness (QED) is 0.580. The minimum absolute atomic E-state index is 0.0260. The molecule has 1 N–H and O–H groups in total. The molecule has 0 amide bonds. The van der Waals surface area contributed by atoms with Crippen LogP contribution in [0, 0.1) is 18.8 Å². The minimum Gasteiger partial charge on any atom is -0.486 e. The number of hydrogen-bond acceptors (Lipinski definition) is 3. The van der Waals surface area contributed by atoms with E-state index in [1.54, 1.807) is 19.1 Å². The smallest absolute Gasteiger partial charge is 0.255 e. The van der Waals surface area contributed by atoms with Crippen molar-refractivity contribution in [2.24, 2.45) is 5.92 Å². The molecule has 1 heterocycles. The number of nitrogens with one attached hydrogen (secondary N) is 1. The topological polar surface area (TPSA) is 34.1 Å². The molecule has 1 rings (SSSR count). The summed E-state index contributed by atoms with van der Waals surface area (Å²) in [5, 5.41) is 3.27. The van der Waals surface area contributed by atoms with Crippen LogP contribution >= 0.6 is 0 Å². The van der Waals surface area contributed by atoms with Crippen molar-refractivity contribution in [2.45, 2.75) is 46.6 Å². The third-order valence-corrected chi connectivity index (χ3v) is 2.87. The highest BCUT2D eigenvalue weighted by Gasteiger charge is 2.15. The third-order valence-electron chi connectivity index (χ3n) is 2.87. The van der Waals surface area contributed by atoms with Crippen LogP contribution in [0.1, 0.15) is 39.3 Å². The normalized spacial score (nSPS) is 12.7. The Morgan fingerprint density at radius 3 is 2.68 bits per heavy atom.